The van der Waals surface area contributed by atoms with Crippen molar-refractivity contribution in [2.45, 2.75) is 27.7 Å². The van der Waals surface area contributed by atoms with Crippen LogP contribution in [-0.2, 0) is 0 Å². The molecule has 3 aromatic carbocycles. The molecule has 32 heavy (non-hydrogen) atoms. The molecule has 162 valence electrons. The van der Waals surface area contributed by atoms with Gasteiger partial charge in [-0.1, -0.05) is 47.0 Å². The number of pyridine rings is 1. The average molecular weight is 528 g/mol. The number of carbonyl (C=O) groups is 1. The molecule has 0 aliphatic carbocycles. The largest absolute Gasteiger partial charge is 0.322 e. The van der Waals surface area contributed by atoms with Crippen molar-refractivity contribution in [3.05, 3.63) is 90.9 Å². The summed E-state index contributed by atoms with van der Waals surface area (Å²) in [7, 11) is 0. The lowest BCUT2D eigenvalue weighted by Gasteiger charge is -2.17. The van der Waals surface area contributed by atoms with Gasteiger partial charge in [0.05, 0.1) is 21.8 Å². The van der Waals surface area contributed by atoms with E-state index in [9.17, 15) is 4.79 Å². The van der Waals surface area contributed by atoms with E-state index in [-0.39, 0.29) is 5.91 Å². The Morgan fingerprint density at radius 1 is 0.938 bits per heavy atom. The summed E-state index contributed by atoms with van der Waals surface area (Å²) in [6.07, 6.45) is 0. The smallest absolute Gasteiger partial charge is 0.256 e. The molecule has 0 spiro atoms. The lowest BCUT2D eigenvalue weighted by atomic mass is 9.94. The Hall–Kier alpha value is -2.40. The van der Waals surface area contributed by atoms with Gasteiger partial charge in [-0.3, -0.25) is 4.79 Å². The fraction of sp³-hybridized carbons (Fsp3) is 0.154. The maximum atomic E-state index is 13.6. The number of halogens is 3. The highest BCUT2D eigenvalue weighted by Gasteiger charge is 2.21. The number of fused-ring (bicyclic) bond motifs is 1. The number of aromatic nitrogens is 1. The minimum absolute atomic E-state index is 0.198. The number of anilines is 1. The normalized spacial score (nSPS) is 11.1. The summed E-state index contributed by atoms with van der Waals surface area (Å²) in [5.41, 5.74) is 7.46. The van der Waals surface area contributed by atoms with Crippen LogP contribution in [0.25, 0.3) is 22.2 Å². The van der Waals surface area contributed by atoms with Crippen molar-refractivity contribution in [1.82, 2.24) is 4.98 Å². The first kappa shape index (κ1) is 22.8. The van der Waals surface area contributed by atoms with E-state index in [2.05, 4.69) is 27.3 Å². The van der Waals surface area contributed by atoms with Gasteiger partial charge in [0.2, 0.25) is 0 Å². The molecule has 0 unspecified atom stereocenters. The van der Waals surface area contributed by atoms with Crippen LogP contribution >= 0.6 is 39.1 Å². The van der Waals surface area contributed by atoms with Gasteiger partial charge in [0.1, 0.15) is 0 Å². The van der Waals surface area contributed by atoms with E-state index in [1.807, 2.05) is 70.2 Å². The molecule has 0 saturated carbocycles. The number of nitrogens with one attached hydrogen (secondary N) is 1. The summed E-state index contributed by atoms with van der Waals surface area (Å²) < 4.78 is 0.788. The molecule has 1 heterocycles. The van der Waals surface area contributed by atoms with Crippen molar-refractivity contribution < 1.29 is 4.79 Å². The predicted molar refractivity (Wildman–Crippen MR) is 138 cm³/mol. The number of hydrogen-bond donors (Lipinski definition) is 1. The van der Waals surface area contributed by atoms with Crippen molar-refractivity contribution in [1.29, 1.82) is 0 Å². The Kier molecular flexibility index (Phi) is 6.30. The molecule has 0 bridgehead atoms. The Bertz CT molecular complexity index is 1380. The van der Waals surface area contributed by atoms with Gasteiger partial charge in [-0.15, -0.1) is 0 Å². The third-order valence-electron chi connectivity index (χ3n) is 5.60. The lowest BCUT2D eigenvalue weighted by molar-refractivity contribution is 0.102. The number of nitrogens with zero attached hydrogens (tertiary/aromatic N) is 1. The second-order valence-electron chi connectivity index (χ2n) is 7.93. The highest BCUT2D eigenvalue weighted by atomic mass is 79.9. The molecule has 0 fully saturated rings. The lowest BCUT2D eigenvalue weighted by Crippen LogP contribution is -2.16. The van der Waals surface area contributed by atoms with Gasteiger partial charge in [0, 0.05) is 26.1 Å². The standard InChI is InChI=1S/C26H21BrCl2N2O/c1-13-11-14(2)24-19(12-13)22(16(4)25(31-24)17-5-7-18(28)8-6-17)26(32)30-21-10-9-20(27)23(29)15(21)3/h5-12H,1-4H3,(H,30,32). The molecule has 0 aliphatic heterocycles. The molecule has 0 aliphatic rings. The van der Waals surface area contributed by atoms with E-state index in [1.54, 1.807) is 0 Å². The molecular weight excluding hydrogens is 507 g/mol. The fourth-order valence-electron chi connectivity index (χ4n) is 3.97. The fourth-order valence-corrected chi connectivity index (χ4v) is 4.69. The zero-order chi connectivity index (χ0) is 23.2. The van der Waals surface area contributed by atoms with Crippen molar-refractivity contribution in [2.75, 3.05) is 5.32 Å². The second-order valence-corrected chi connectivity index (χ2v) is 9.60. The van der Waals surface area contributed by atoms with Gasteiger partial charge >= 0.3 is 0 Å². The van der Waals surface area contributed by atoms with E-state index in [0.29, 0.717) is 21.3 Å². The molecule has 4 aromatic rings. The average Bonchev–Trinajstić information content (AvgIpc) is 2.74. The molecule has 4 rings (SSSR count). The molecule has 6 heteroatoms. The minimum atomic E-state index is -0.198. The van der Waals surface area contributed by atoms with Gasteiger partial charge in [0.15, 0.2) is 0 Å². The maximum Gasteiger partial charge on any atom is 0.256 e. The number of benzene rings is 3. The maximum absolute atomic E-state index is 13.6. The van der Waals surface area contributed by atoms with Crippen LogP contribution in [0, 0.1) is 27.7 Å². The Balaban J connectivity index is 1.94. The zero-order valence-electron chi connectivity index (χ0n) is 18.1. The van der Waals surface area contributed by atoms with E-state index in [4.69, 9.17) is 28.2 Å². The minimum Gasteiger partial charge on any atom is -0.322 e. The van der Waals surface area contributed by atoms with Crippen molar-refractivity contribution >= 4 is 61.6 Å². The summed E-state index contributed by atoms with van der Waals surface area (Å²) in [6, 6.07) is 15.3. The molecule has 0 atom stereocenters. The van der Waals surface area contributed by atoms with Crippen molar-refractivity contribution in [2.24, 2.45) is 0 Å². The van der Waals surface area contributed by atoms with Gasteiger partial charge in [-0.25, -0.2) is 4.98 Å². The number of amides is 1. The van der Waals surface area contributed by atoms with Crippen LogP contribution in [0.2, 0.25) is 10.0 Å². The molecule has 1 aromatic heterocycles. The van der Waals surface area contributed by atoms with Crippen LogP contribution < -0.4 is 5.32 Å². The van der Waals surface area contributed by atoms with Crippen LogP contribution in [0.1, 0.15) is 32.6 Å². The summed E-state index contributed by atoms with van der Waals surface area (Å²) in [5, 5.41) is 5.12. The van der Waals surface area contributed by atoms with Crippen molar-refractivity contribution in [3.63, 3.8) is 0 Å². The topological polar surface area (TPSA) is 42.0 Å². The molecule has 3 nitrogen and oxygen atoms in total. The zero-order valence-corrected chi connectivity index (χ0v) is 21.2. The van der Waals surface area contributed by atoms with Crippen LogP contribution in [-0.4, -0.2) is 10.9 Å². The summed E-state index contributed by atoms with van der Waals surface area (Å²) in [4.78, 5) is 18.6. The predicted octanol–water partition coefficient (Wildman–Crippen LogP) is 8.46. The molecular formula is C26H21BrCl2N2O. The first-order valence-electron chi connectivity index (χ1n) is 10.1. The second kappa shape index (κ2) is 8.86. The molecule has 1 amide bonds. The Morgan fingerprint density at radius 3 is 2.31 bits per heavy atom. The van der Waals surface area contributed by atoms with Gasteiger partial charge in [-0.2, -0.15) is 0 Å². The van der Waals surface area contributed by atoms with Crippen LogP contribution in [0.15, 0.2) is 53.0 Å². The van der Waals surface area contributed by atoms with E-state index < -0.39 is 0 Å². The number of rotatable bonds is 3. The number of aryl methyl sites for hydroxylation is 2. The third-order valence-corrected chi connectivity index (χ3v) is 7.23. The van der Waals surface area contributed by atoms with Crippen LogP contribution in [0.5, 0.6) is 0 Å². The van der Waals surface area contributed by atoms with Crippen LogP contribution in [0.4, 0.5) is 5.69 Å². The first-order chi connectivity index (χ1) is 15.2. The summed E-state index contributed by atoms with van der Waals surface area (Å²) >= 11 is 15.9. The quantitative estimate of drug-likeness (QED) is 0.290. The van der Waals surface area contributed by atoms with Gasteiger partial charge < -0.3 is 5.32 Å². The van der Waals surface area contributed by atoms with E-state index in [0.717, 1.165) is 48.9 Å². The molecule has 0 saturated heterocycles. The number of carbonyl (C=O) groups excluding carboxylic acids is 1. The molecule has 0 radical (unpaired) electrons. The Labute approximate surface area is 205 Å². The van der Waals surface area contributed by atoms with Gasteiger partial charge in [-0.05, 0) is 90.6 Å². The molecule has 1 N–H and O–H groups in total. The van der Waals surface area contributed by atoms with E-state index in [1.165, 1.54) is 0 Å². The highest BCUT2D eigenvalue weighted by Crippen LogP contribution is 2.35. The highest BCUT2D eigenvalue weighted by molar-refractivity contribution is 9.10. The number of hydrogen-bond acceptors (Lipinski definition) is 2. The third kappa shape index (κ3) is 4.15. The van der Waals surface area contributed by atoms with E-state index >= 15 is 0 Å². The van der Waals surface area contributed by atoms with Crippen molar-refractivity contribution in [3.8, 4) is 11.3 Å². The van der Waals surface area contributed by atoms with Gasteiger partial charge in [0.25, 0.3) is 5.91 Å². The first-order valence-corrected chi connectivity index (χ1v) is 11.7. The van der Waals surface area contributed by atoms with Crippen LogP contribution in [0.3, 0.4) is 0 Å². The summed E-state index contributed by atoms with van der Waals surface area (Å²) in [6.45, 7) is 7.86. The SMILES string of the molecule is Cc1cc(C)c2nc(-c3ccc(Cl)cc3)c(C)c(C(=O)Nc3ccc(Br)c(Cl)c3C)c2c1. The Morgan fingerprint density at radius 2 is 1.62 bits per heavy atom. The summed E-state index contributed by atoms with van der Waals surface area (Å²) in [5.74, 6) is -0.198. The monoisotopic (exact) mass is 526 g/mol.